The number of thiazole rings is 1. The zero-order valence-electron chi connectivity index (χ0n) is 15.3. The Morgan fingerprint density at radius 3 is 2.86 bits per heavy atom. The van der Waals surface area contributed by atoms with Crippen LogP contribution >= 0.6 is 11.3 Å². The summed E-state index contributed by atoms with van der Waals surface area (Å²) in [5.41, 5.74) is 4.58. The van der Waals surface area contributed by atoms with Crippen LogP contribution in [0.5, 0.6) is 11.6 Å². The normalized spacial score (nSPS) is 13.8. The topological polar surface area (TPSA) is 102 Å². The minimum Gasteiger partial charge on any atom is -0.494 e. The number of anilines is 1. The van der Waals surface area contributed by atoms with Crippen molar-refractivity contribution in [3.05, 3.63) is 23.8 Å². The molecule has 0 aliphatic heterocycles. The Balaban J connectivity index is 1.64. The smallest absolute Gasteiger partial charge is 0.228 e. The number of amides is 1. The van der Waals surface area contributed by atoms with Gasteiger partial charge in [0.15, 0.2) is 11.4 Å². The Morgan fingerprint density at radius 1 is 1.25 bits per heavy atom. The summed E-state index contributed by atoms with van der Waals surface area (Å²) >= 11 is 1.46. The maximum Gasteiger partial charge on any atom is 0.228 e. The monoisotopic (exact) mass is 395 g/mol. The van der Waals surface area contributed by atoms with Crippen LogP contribution in [-0.4, -0.2) is 40.1 Å². The Labute approximate surface area is 163 Å². The van der Waals surface area contributed by atoms with Crippen LogP contribution in [0.1, 0.15) is 12.8 Å². The van der Waals surface area contributed by atoms with Crippen LogP contribution in [0.4, 0.5) is 5.82 Å². The highest BCUT2D eigenvalue weighted by molar-refractivity contribution is 7.17. The molecule has 4 aromatic heterocycles. The van der Waals surface area contributed by atoms with Gasteiger partial charge >= 0.3 is 0 Å². The van der Waals surface area contributed by atoms with Crippen molar-refractivity contribution in [2.45, 2.75) is 12.8 Å². The van der Waals surface area contributed by atoms with Crippen LogP contribution in [-0.2, 0) is 4.79 Å². The third-order valence-corrected chi connectivity index (χ3v) is 5.62. The van der Waals surface area contributed by atoms with E-state index in [-0.39, 0.29) is 11.8 Å². The summed E-state index contributed by atoms with van der Waals surface area (Å²) in [5.74, 6) is 1.79. The molecule has 142 valence electrons. The van der Waals surface area contributed by atoms with Crippen molar-refractivity contribution in [2.75, 3.05) is 19.5 Å². The standard InChI is InChI=1S/C19H17N5O3S/c1-26-14-13(19(27-2)24-17-15(14)28-8-21-17)11-7-20-16-10(11)5-6-12(22-16)23-18(25)9-3-4-9/h5-9H,3-4H2,1-2H3,(H2,20,22,23,25). The molecule has 5 rings (SSSR count). The Kier molecular flexibility index (Phi) is 3.90. The highest BCUT2D eigenvalue weighted by atomic mass is 32.1. The minimum atomic E-state index is 0.0295. The number of ether oxygens (including phenoxy) is 2. The number of carbonyl (C=O) groups is 1. The molecule has 0 aromatic carbocycles. The van der Waals surface area contributed by atoms with E-state index in [9.17, 15) is 4.79 Å². The zero-order chi connectivity index (χ0) is 19.3. The van der Waals surface area contributed by atoms with Crippen LogP contribution < -0.4 is 14.8 Å². The van der Waals surface area contributed by atoms with Crippen LogP contribution in [0.2, 0.25) is 0 Å². The largest absolute Gasteiger partial charge is 0.494 e. The van der Waals surface area contributed by atoms with E-state index in [1.54, 1.807) is 25.8 Å². The van der Waals surface area contributed by atoms with Gasteiger partial charge < -0.3 is 19.8 Å². The van der Waals surface area contributed by atoms with Gasteiger partial charge in [0, 0.05) is 23.1 Å². The van der Waals surface area contributed by atoms with Crippen molar-refractivity contribution in [1.29, 1.82) is 0 Å². The number of nitrogens with zero attached hydrogens (tertiary/aromatic N) is 3. The van der Waals surface area contributed by atoms with E-state index < -0.39 is 0 Å². The second kappa shape index (κ2) is 6.45. The molecule has 0 unspecified atom stereocenters. The molecular weight excluding hydrogens is 378 g/mol. The van der Waals surface area contributed by atoms with E-state index in [1.165, 1.54) is 11.3 Å². The van der Waals surface area contributed by atoms with Crippen molar-refractivity contribution in [2.24, 2.45) is 5.92 Å². The number of H-pyrrole nitrogens is 1. The number of nitrogens with one attached hydrogen (secondary N) is 2. The van der Waals surface area contributed by atoms with Crippen LogP contribution in [0.3, 0.4) is 0 Å². The highest BCUT2D eigenvalue weighted by Crippen LogP contribution is 2.45. The maximum atomic E-state index is 12.0. The lowest BCUT2D eigenvalue weighted by Gasteiger charge is -2.12. The second-order valence-corrected chi connectivity index (χ2v) is 7.45. The summed E-state index contributed by atoms with van der Waals surface area (Å²) in [6.07, 6.45) is 3.75. The van der Waals surface area contributed by atoms with Crippen molar-refractivity contribution >= 4 is 44.4 Å². The van der Waals surface area contributed by atoms with Crippen molar-refractivity contribution < 1.29 is 14.3 Å². The van der Waals surface area contributed by atoms with Crippen molar-refractivity contribution in [3.63, 3.8) is 0 Å². The lowest BCUT2D eigenvalue weighted by Crippen LogP contribution is -2.14. The number of hydrogen-bond acceptors (Lipinski definition) is 7. The summed E-state index contributed by atoms with van der Waals surface area (Å²) in [7, 11) is 3.19. The van der Waals surface area contributed by atoms with E-state index in [4.69, 9.17) is 9.47 Å². The molecule has 2 N–H and O–H groups in total. The van der Waals surface area contributed by atoms with Gasteiger partial charge in [-0.05, 0) is 25.0 Å². The van der Waals surface area contributed by atoms with E-state index in [0.717, 1.165) is 34.1 Å². The molecule has 1 saturated carbocycles. The molecular formula is C19H17N5O3S. The molecule has 0 spiro atoms. The number of methoxy groups -OCH3 is 2. The molecule has 0 radical (unpaired) electrons. The summed E-state index contributed by atoms with van der Waals surface area (Å²) in [6.45, 7) is 0. The minimum absolute atomic E-state index is 0.0295. The first-order valence-electron chi connectivity index (χ1n) is 8.84. The summed E-state index contributed by atoms with van der Waals surface area (Å²) in [5, 5.41) is 3.75. The van der Waals surface area contributed by atoms with Crippen molar-refractivity contribution in [3.8, 4) is 22.8 Å². The van der Waals surface area contributed by atoms with Gasteiger partial charge in [-0.3, -0.25) is 4.79 Å². The molecule has 1 amide bonds. The maximum absolute atomic E-state index is 12.0. The average Bonchev–Trinajstić information content (AvgIpc) is 3.33. The molecule has 28 heavy (non-hydrogen) atoms. The molecule has 0 bridgehead atoms. The van der Waals surface area contributed by atoms with E-state index >= 15 is 0 Å². The van der Waals surface area contributed by atoms with Gasteiger partial charge in [0.1, 0.15) is 16.2 Å². The molecule has 0 saturated heterocycles. The number of aromatic nitrogens is 4. The molecule has 1 aliphatic carbocycles. The first-order valence-corrected chi connectivity index (χ1v) is 9.72. The fourth-order valence-corrected chi connectivity index (χ4v) is 4.03. The summed E-state index contributed by atoms with van der Waals surface area (Å²) in [4.78, 5) is 28.5. The molecule has 4 heterocycles. The van der Waals surface area contributed by atoms with Gasteiger partial charge in [0.05, 0.1) is 25.3 Å². The fraction of sp³-hybridized carbons (Fsp3) is 0.263. The predicted octanol–water partition coefficient (Wildman–Crippen LogP) is 3.60. The van der Waals surface area contributed by atoms with Gasteiger partial charge in [0.25, 0.3) is 0 Å². The molecule has 1 fully saturated rings. The third-order valence-electron chi connectivity index (χ3n) is 4.81. The van der Waals surface area contributed by atoms with Gasteiger partial charge in [-0.2, -0.15) is 4.98 Å². The van der Waals surface area contributed by atoms with Crippen LogP contribution in [0.25, 0.3) is 32.5 Å². The number of fused-ring (bicyclic) bond motifs is 2. The average molecular weight is 395 g/mol. The molecule has 9 heteroatoms. The summed E-state index contributed by atoms with van der Waals surface area (Å²) in [6, 6.07) is 3.73. The van der Waals surface area contributed by atoms with E-state index in [1.807, 2.05) is 12.3 Å². The lowest BCUT2D eigenvalue weighted by molar-refractivity contribution is -0.117. The quantitative estimate of drug-likeness (QED) is 0.535. The predicted molar refractivity (Wildman–Crippen MR) is 107 cm³/mol. The number of rotatable bonds is 5. The molecule has 8 nitrogen and oxygen atoms in total. The van der Waals surface area contributed by atoms with Crippen LogP contribution in [0, 0.1) is 5.92 Å². The summed E-state index contributed by atoms with van der Waals surface area (Å²) < 4.78 is 12.1. The van der Waals surface area contributed by atoms with Crippen molar-refractivity contribution in [1.82, 2.24) is 19.9 Å². The molecule has 0 atom stereocenters. The third kappa shape index (κ3) is 2.66. The number of aromatic amines is 1. The van der Waals surface area contributed by atoms with Crippen LogP contribution in [0.15, 0.2) is 23.8 Å². The fourth-order valence-electron chi connectivity index (χ4n) is 3.27. The van der Waals surface area contributed by atoms with Gasteiger partial charge in [-0.15, -0.1) is 11.3 Å². The number of hydrogen-bond donors (Lipinski definition) is 2. The first kappa shape index (κ1) is 16.9. The Hall–Kier alpha value is -3.20. The first-order chi connectivity index (χ1) is 13.7. The molecule has 4 aromatic rings. The highest BCUT2D eigenvalue weighted by Gasteiger charge is 2.30. The number of pyridine rings is 2. The lowest BCUT2D eigenvalue weighted by atomic mass is 10.1. The molecule has 1 aliphatic rings. The Morgan fingerprint density at radius 2 is 2.11 bits per heavy atom. The van der Waals surface area contributed by atoms with Gasteiger partial charge in [0.2, 0.25) is 11.8 Å². The number of carbonyl (C=O) groups excluding carboxylic acids is 1. The zero-order valence-corrected chi connectivity index (χ0v) is 16.1. The van der Waals surface area contributed by atoms with E-state index in [0.29, 0.717) is 28.7 Å². The van der Waals surface area contributed by atoms with E-state index in [2.05, 4.69) is 25.3 Å². The SMILES string of the molecule is COc1nc2ncsc2c(OC)c1-c1c[nH]c2nc(NC(=O)C3CC3)ccc12. The van der Waals surface area contributed by atoms with Gasteiger partial charge in [-0.1, -0.05) is 0 Å². The van der Waals surface area contributed by atoms with Gasteiger partial charge in [-0.25, -0.2) is 9.97 Å². The Bertz CT molecular complexity index is 1210. The second-order valence-electron chi connectivity index (χ2n) is 6.59.